The first-order valence-electron chi connectivity index (χ1n) is 7.28. The molecule has 1 saturated heterocycles. The summed E-state index contributed by atoms with van der Waals surface area (Å²) < 4.78 is 13.6. The number of aromatic nitrogens is 2. The Hall–Kier alpha value is -2.01. The Morgan fingerprint density at radius 1 is 1.14 bits per heavy atom. The fraction of sp³-hybridized carbons (Fsp3) is 0.375. The molecule has 3 heterocycles. The van der Waals surface area contributed by atoms with Crippen LogP contribution in [0.4, 0.5) is 10.1 Å². The van der Waals surface area contributed by atoms with Crippen molar-refractivity contribution in [2.45, 2.75) is 25.4 Å². The number of nitrogens with one attached hydrogen (secondary N) is 1. The van der Waals surface area contributed by atoms with Crippen LogP contribution in [0.25, 0.3) is 0 Å². The number of hydrogen-bond acceptors (Lipinski definition) is 4. The van der Waals surface area contributed by atoms with Crippen LogP contribution in [-0.4, -0.2) is 34.0 Å². The number of rotatable bonds is 4. The van der Waals surface area contributed by atoms with Gasteiger partial charge >= 0.3 is 0 Å². The third-order valence-electron chi connectivity index (χ3n) is 3.85. The Morgan fingerprint density at radius 2 is 1.95 bits per heavy atom. The Morgan fingerprint density at radius 3 is 2.67 bits per heavy atom. The molecular formula is C16H19FN4. The van der Waals surface area contributed by atoms with Gasteiger partial charge in [0.05, 0.1) is 11.9 Å². The van der Waals surface area contributed by atoms with E-state index in [0.29, 0.717) is 11.7 Å². The van der Waals surface area contributed by atoms with E-state index in [2.05, 4.69) is 26.3 Å². The number of anilines is 1. The molecule has 0 amide bonds. The van der Waals surface area contributed by atoms with E-state index in [4.69, 9.17) is 0 Å². The minimum Gasteiger partial charge on any atom is -0.380 e. The molecule has 1 aliphatic heterocycles. The third kappa shape index (κ3) is 3.76. The summed E-state index contributed by atoms with van der Waals surface area (Å²) in [4.78, 5) is 10.3. The number of halogens is 1. The molecule has 2 aromatic heterocycles. The molecule has 21 heavy (non-hydrogen) atoms. The van der Waals surface area contributed by atoms with Gasteiger partial charge in [-0.15, -0.1) is 0 Å². The lowest BCUT2D eigenvalue weighted by Crippen LogP contribution is -2.38. The van der Waals surface area contributed by atoms with Crippen molar-refractivity contribution in [1.82, 2.24) is 14.9 Å². The number of pyridine rings is 2. The van der Waals surface area contributed by atoms with E-state index in [0.717, 1.165) is 32.5 Å². The van der Waals surface area contributed by atoms with Crippen LogP contribution in [0.15, 0.2) is 43.0 Å². The van der Waals surface area contributed by atoms with Gasteiger partial charge in [-0.2, -0.15) is 0 Å². The molecule has 1 fully saturated rings. The Balaban J connectivity index is 1.50. The second kappa shape index (κ2) is 6.63. The molecule has 0 saturated carbocycles. The van der Waals surface area contributed by atoms with Crippen molar-refractivity contribution in [2.75, 3.05) is 18.4 Å². The Labute approximate surface area is 124 Å². The standard InChI is InChI=1S/C16H19FN4/c17-15-11-19-7-3-16(15)20-14-4-8-21(9-5-14)12-13-2-1-6-18-10-13/h1-3,6-7,10-11,14H,4-5,8-9,12H2,(H,19,20). The van der Waals surface area contributed by atoms with Gasteiger partial charge in [-0.3, -0.25) is 14.9 Å². The average Bonchev–Trinajstić information content (AvgIpc) is 2.52. The highest BCUT2D eigenvalue weighted by Crippen LogP contribution is 2.19. The first-order valence-corrected chi connectivity index (χ1v) is 7.28. The highest BCUT2D eigenvalue weighted by Gasteiger charge is 2.19. The van der Waals surface area contributed by atoms with Crippen molar-refractivity contribution in [3.05, 3.63) is 54.4 Å². The Kier molecular flexibility index (Phi) is 4.40. The molecule has 1 N–H and O–H groups in total. The number of likely N-dealkylation sites (tertiary alicyclic amines) is 1. The van der Waals surface area contributed by atoms with Gasteiger partial charge in [0, 0.05) is 44.3 Å². The summed E-state index contributed by atoms with van der Waals surface area (Å²) in [5, 5.41) is 3.28. The van der Waals surface area contributed by atoms with Crippen molar-refractivity contribution in [2.24, 2.45) is 0 Å². The number of nitrogens with zero attached hydrogens (tertiary/aromatic N) is 3. The maximum absolute atomic E-state index is 13.6. The number of piperidine rings is 1. The monoisotopic (exact) mass is 286 g/mol. The first kappa shape index (κ1) is 13.9. The molecule has 0 bridgehead atoms. The van der Waals surface area contributed by atoms with Crippen LogP contribution in [0.2, 0.25) is 0 Å². The van der Waals surface area contributed by atoms with Crippen LogP contribution in [0, 0.1) is 5.82 Å². The van der Waals surface area contributed by atoms with Crippen molar-refractivity contribution in [3.8, 4) is 0 Å². The molecule has 0 atom stereocenters. The van der Waals surface area contributed by atoms with Crippen LogP contribution in [0.3, 0.4) is 0 Å². The van der Waals surface area contributed by atoms with Gasteiger partial charge in [0.25, 0.3) is 0 Å². The summed E-state index contributed by atoms with van der Waals surface area (Å²) in [7, 11) is 0. The van der Waals surface area contributed by atoms with Crippen molar-refractivity contribution in [3.63, 3.8) is 0 Å². The largest absolute Gasteiger partial charge is 0.380 e. The lowest BCUT2D eigenvalue weighted by molar-refractivity contribution is 0.211. The summed E-state index contributed by atoms with van der Waals surface area (Å²) >= 11 is 0. The molecule has 0 radical (unpaired) electrons. The molecule has 0 spiro atoms. The predicted molar refractivity (Wildman–Crippen MR) is 80.4 cm³/mol. The lowest BCUT2D eigenvalue weighted by atomic mass is 10.0. The molecule has 110 valence electrons. The molecular weight excluding hydrogens is 267 g/mol. The second-order valence-electron chi connectivity index (χ2n) is 5.41. The second-order valence-corrected chi connectivity index (χ2v) is 5.41. The van der Waals surface area contributed by atoms with E-state index < -0.39 is 0 Å². The average molecular weight is 286 g/mol. The molecule has 0 aliphatic carbocycles. The van der Waals surface area contributed by atoms with E-state index in [1.165, 1.54) is 11.8 Å². The SMILES string of the molecule is Fc1cnccc1NC1CCN(Cc2cccnc2)CC1. The lowest BCUT2D eigenvalue weighted by Gasteiger charge is -2.32. The van der Waals surface area contributed by atoms with Crippen LogP contribution < -0.4 is 5.32 Å². The van der Waals surface area contributed by atoms with E-state index in [1.54, 1.807) is 18.5 Å². The van der Waals surface area contributed by atoms with Crippen LogP contribution in [0.5, 0.6) is 0 Å². The van der Waals surface area contributed by atoms with Crippen molar-refractivity contribution >= 4 is 5.69 Å². The molecule has 1 aliphatic rings. The van der Waals surface area contributed by atoms with E-state index in [1.807, 2.05) is 12.3 Å². The topological polar surface area (TPSA) is 41.1 Å². The third-order valence-corrected chi connectivity index (χ3v) is 3.85. The van der Waals surface area contributed by atoms with E-state index in [9.17, 15) is 4.39 Å². The quantitative estimate of drug-likeness (QED) is 0.938. The Bertz CT molecular complexity index is 567. The van der Waals surface area contributed by atoms with Gasteiger partial charge in [-0.05, 0) is 30.5 Å². The summed E-state index contributed by atoms with van der Waals surface area (Å²) in [6.45, 7) is 2.96. The number of hydrogen-bond donors (Lipinski definition) is 1. The molecule has 2 aromatic rings. The summed E-state index contributed by atoms with van der Waals surface area (Å²) in [6, 6.07) is 6.09. The van der Waals surface area contributed by atoms with Gasteiger partial charge in [0.2, 0.25) is 0 Å². The maximum Gasteiger partial charge on any atom is 0.164 e. The van der Waals surface area contributed by atoms with Gasteiger partial charge in [0.1, 0.15) is 0 Å². The zero-order valence-electron chi connectivity index (χ0n) is 11.9. The smallest absolute Gasteiger partial charge is 0.164 e. The minimum absolute atomic E-state index is 0.282. The zero-order chi connectivity index (χ0) is 14.5. The van der Waals surface area contributed by atoms with Crippen molar-refractivity contribution in [1.29, 1.82) is 0 Å². The minimum atomic E-state index is -0.282. The first-order chi connectivity index (χ1) is 10.3. The molecule has 0 aromatic carbocycles. The fourth-order valence-corrected chi connectivity index (χ4v) is 2.70. The molecule has 3 rings (SSSR count). The summed E-state index contributed by atoms with van der Waals surface area (Å²) in [5.74, 6) is -0.282. The summed E-state index contributed by atoms with van der Waals surface area (Å²) in [5.41, 5.74) is 1.79. The predicted octanol–water partition coefficient (Wildman–Crippen LogP) is 2.69. The van der Waals surface area contributed by atoms with E-state index >= 15 is 0 Å². The van der Waals surface area contributed by atoms with Gasteiger partial charge < -0.3 is 5.32 Å². The highest BCUT2D eigenvalue weighted by molar-refractivity contribution is 5.43. The van der Waals surface area contributed by atoms with Crippen LogP contribution in [-0.2, 0) is 6.54 Å². The fourth-order valence-electron chi connectivity index (χ4n) is 2.70. The van der Waals surface area contributed by atoms with Gasteiger partial charge in [0.15, 0.2) is 5.82 Å². The molecule has 4 nitrogen and oxygen atoms in total. The van der Waals surface area contributed by atoms with Gasteiger partial charge in [-0.1, -0.05) is 6.07 Å². The summed E-state index contributed by atoms with van der Waals surface area (Å²) in [6.07, 6.45) is 8.60. The normalized spacial score (nSPS) is 16.8. The van der Waals surface area contributed by atoms with Crippen LogP contribution >= 0.6 is 0 Å². The van der Waals surface area contributed by atoms with E-state index in [-0.39, 0.29) is 5.82 Å². The van der Waals surface area contributed by atoms with Crippen molar-refractivity contribution < 1.29 is 4.39 Å². The van der Waals surface area contributed by atoms with Gasteiger partial charge in [-0.25, -0.2) is 4.39 Å². The van der Waals surface area contributed by atoms with Crippen LogP contribution in [0.1, 0.15) is 18.4 Å². The molecule has 0 unspecified atom stereocenters. The highest BCUT2D eigenvalue weighted by atomic mass is 19.1. The zero-order valence-corrected chi connectivity index (χ0v) is 11.9. The maximum atomic E-state index is 13.6. The molecule has 5 heteroatoms.